The highest BCUT2D eigenvalue weighted by molar-refractivity contribution is 5.94. The van der Waals surface area contributed by atoms with Crippen LogP contribution in [0.5, 0.6) is 5.75 Å². The molecule has 1 rings (SSSR count). The molecule has 3 amide bonds. The fourth-order valence-corrected chi connectivity index (χ4v) is 3.96. The normalized spacial score (nSPS) is 14.4. The third kappa shape index (κ3) is 12.4. The summed E-state index contributed by atoms with van der Waals surface area (Å²) in [5, 5.41) is 26.9. The first-order valence-electron chi connectivity index (χ1n) is 13.2. The number of carbonyl (C=O) groups excluding carboxylic acids is 3. The lowest BCUT2D eigenvalue weighted by Crippen LogP contribution is -2.57. The van der Waals surface area contributed by atoms with Crippen LogP contribution in [-0.4, -0.2) is 64.6 Å². The third-order valence-corrected chi connectivity index (χ3v) is 5.97. The van der Waals surface area contributed by atoms with Crippen LogP contribution in [0, 0.1) is 11.8 Å². The number of phenolic OH excluding ortho intramolecular Hbond substituents is 1. The molecular weight excluding hydrogens is 490 g/mol. The maximum Gasteiger partial charge on any atom is 0.326 e. The molecule has 0 bridgehead atoms. The van der Waals surface area contributed by atoms with E-state index in [0.29, 0.717) is 25.8 Å². The Kier molecular flexibility index (Phi) is 14.4. The average Bonchev–Trinajstić information content (AvgIpc) is 2.83. The Bertz CT molecular complexity index is 906. The summed E-state index contributed by atoms with van der Waals surface area (Å²) >= 11 is 0. The standard InChI is InChI=1S/C27H45N5O6/c1-16(2)13-22(26(36)32-23(27(37)38)14-17(3)4)31-25(35)21(7-5-6-12-28)30-24(34)20(29)15-18-8-10-19(33)11-9-18/h8-11,16-17,20-23,33H,5-7,12-15,28-29H2,1-4H3,(H,30,34)(H,31,35)(H,32,36)(H,37,38)/t20-,21-,22-,23-/m0/s1. The number of carbonyl (C=O) groups is 4. The average molecular weight is 536 g/mol. The lowest BCUT2D eigenvalue weighted by molar-refractivity contribution is -0.143. The lowest BCUT2D eigenvalue weighted by Gasteiger charge is -2.26. The molecule has 1 aromatic carbocycles. The molecule has 0 fully saturated rings. The van der Waals surface area contributed by atoms with Gasteiger partial charge in [-0.25, -0.2) is 4.79 Å². The van der Waals surface area contributed by atoms with Crippen LogP contribution in [-0.2, 0) is 25.6 Å². The molecule has 0 aliphatic rings. The number of unbranched alkanes of at least 4 members (excludes halogenated alkanes) is 1. The second-order valence-electron chi connectivity index (χ2n) is 10.5. The Morgan fingerprint density at radius 3 is 1.82 bits per heavy atom. The molecule has 0 saturated heterocycles. The van der Waals surface area contributed by atoms with Crippen molar-refractivity contribution in [2.75, 3.05) is 6.54 Å². The van der Waals surface area contributed by atoms with Crippen LogP contribution in [0.25, 0.3) is 0 Å². The van der Waals surface area contributed by atoms with Crippen molar-refractivity contribution in [1.82, 2.24) is 16.0 Å². The van der Waals surface area contributed by atoms with Crippen LogP contribution >= 0.6 is 0 Å². The van der Waals surface area contributed by atoms with E-state index in [1.165, 1.54) is 12.1 Å². The predicted molar refractivity (Wildman–Crippen MR) is 145 cm³/mol. The van der Waals surface area contributed by atoms with Gasteiger partial charge >= 0.3 is 5.97 Å². The predicted octanol–water partition coefficient (Wildman–Crippen LogP) is 1.02. The molecule has 0 aromatic heterocycles. The van der Waals surface area contributed by atoms with Crippen molar-refractivity contribution >= 4 is 23.7 Å². The summed E-state index contributed by atoms with van der Waals surface area (Å²) in [7, 11) is 0. The van der Waals surface area contributed by atoms with E-state index < -0.39 is 47.9 Å². The highest BCUT2D eigenvalue weighted by atomic mass is 16.4. The molecule has 0 unspecified atom stereocenters. The van der Waals surface area contributed by atoms with Crippen molar-refractivity contribution in [3.05, 3.63) is 29.8 Å². The summed E-state index contributed by atoms with van der Waals surface area (Å²) in [6, 6.07) is 2.38. The van der Waals surface area contributed by atoms with Gasteiger partial charge in [0.25, 0.3) is 0 Å². The minimum absolute atomic E-state index is 0.0310. The van der Waals surface area contributed by atoms with Crippen molar-refractivity contribution in [3.63, 3.8) is 0 Å². The van der Waals surface area contributed by atoms with E-state index in [4.69, 9.17) is 11.5 Å². The van der Waals surface area contributed by atoms with Crippen molar-refractivity contribution in [2.45, 2.75) is 90.4 Å². The summed E-state index contributed by atoms with van der Waals surface area (Å²) in [6.45, 7) is 7.91. The number of hydrogen-bond acceptors (Lipinski definition) is 7. The summed E-state index contributed by atoms with van der Waals surface area (Å²) in [4.78, 5) is 50.8. The van der Waals surface area contributed by atoms with Gasteiger partial charge < -0.3 is 37.6 Å². The minimum atomic E-state index is -1.14. The molecule has 0 radical (unpaired) electrons. The molecular formula is C27H45N5O6. The summed E-state index contributed by atoms with van der Waals surface area (Å²) in [5.41, 5.74) is 12.4. The van der Waals surface area contributed by atoms with E-state index in [2.05, 4.69) is 16.0 Å². The van der Waals surface area contributed by atoms with Crippen LogP contribution in [0.3, 0.4) is 0 Å². The van der Waals surface area contributed by atoms with Gasteiger partial charge in [0.15, 0.2) is 0 Å². The molecule has 0 saturated carbocycles. The number of phenols is 1. The minimum Gasteiger partial charge on any atom is -0.508 e. The first-order valence-corrected chi connectivity index (χ1v) is 13.2. The number of aromatic hydroxyl groups is 1. The maximum absolute atomic E-state index is 13.3. The van der Waals surface area contributed by atoms with Gasteiger partial charge in [0.1, 0.15) is 23.9 Å². The van der Waals surface area contributed by atoms with Gasteiger partial charge in [0.2, 0.25) is 17.7 Å². The smallest absolute Gasteiger partial charge is 0.326 e. The van der Waals surface area contributed by atoms with E-state index in [0.717, 1.165) is 5.56 Å². The number of carboxylic acid groups (broad SMARTS) is 1. The maximum atomic E-state index is 13.3. The van der Waals surface area contributed by atoms with Crippen molar-refractivity contribution in [1.29, 1.82) is 0 Å². The Balaban J connectivity index is 2.98. The van der Waals surface area contributed by atoms with E-state index >= 15 is 0 Å². The second kappa shape index (κ2) is 16.6. The van der Waals surface area contributed by atoms with Crippen LogP contribution in [0.4, 0.5) is 0 Å². The fourth-order valence-electron chi connectivity index (χ4n) is 3.96. The van der Waals surface area contributed by atoms with Gasteiger partial charge in [-0.1, -0.05) is 39.8 Å². The Labute approximate surface area is 225 Å². The molecule has 0 heterocycles. The molecule has 11 nitrogen and oxygen atoms in total. The number of aliphatic carboxylic acids is 1. The number of rotatable bonds is 17. The van der Waals surface area contributed by atoms with Gasteiger partial charge in [0.05, 0.1) is 6.04 Å². The zero-order chi connectivity index (χ0) is 28.8. The van der Waals surface area contributed by atoms with Crippen LogP contribution in [0.2, 0.25) is 0 Å². The summed E-state index contributed by atoms with van der Waals surface area (Å²) < 4.78 is 0. The van der Waals surface area contributed by atoms with E-state index in [-0.39, 0.29) is 36.8 Å². The number of carboxylic acids is 1. The van der Waals surface area contributed by atoms with Crippen molar-refractivity contribution in [2.24, 2.45) is 23.3 Å². The van der Waals surface area contributed by atoms with Gasteiger partial charge in [-0.15, -0.1) is 0 Å². The van der Waals surface area contributed by atoms with Crippen LogP contribution in [0.1, 0.15) is 65.4 Å². The molecule has 9 N–H and O–H groups in total. The van der Waals surface area contributed by atoms with E-state index in [9.17, 15) is 29.4 Å². The lowest BCUT2D eigenvalue weighted by atomic mass is 9.99. The monoisotopic (exact) mass is 535 g/mol. The number of nitrogens with one attached hydrogen (secondary N) is 3. The number of hydrogen-bond donors (Lipinski definition) is 7. The SMILES string of the molecule is CC(C)C[C@H](NC(=O)[C@H](CC(C)C)NC(=O)[C@H](CCCCN)NC(=O)[C@@H](N)Cc1ccc(O)cc1)C(=O)O. The second-order valence-corrected chi connectivity index (χ2v) is 10.5. The molecule has 1 aromatic rings. The third-order valence-electron chi connectivity index (χ3n) is 5.97. The van der Waals surface area contributed by atoms with Crippen LogP contribution < -0.4 is 27.4 Å². The first kappa shape index (κ1) is 32.8. The number of amides is 3. The number of benzene rings is 1. The van der Waals surface area contributed by atoms with Crippen molar-refractivity contribution in [3.8, 4) is 5.75 Å². The van der Waals surface area contributed by atoms with E-state index in [1.807, 2.05) is 27.7 Å². The quantitative estimate of drug-likeness (QED) is 0.143. The summed E-state index contributed by atoms with van der Waals surface area (Å²) in [5.74, 6) is -2.64. The molecule has 0 spiro atoms. The highest BCUT2D eigenvalue weighted by Crippen LogP contribution is 2.12. The Morgan fingerprint density at radius 2 is 1.29 bits per heavy atom. The Morgan fingerprint density at radius 1 is 0.789 bits per heavy atom. The molecule has 214 valence electrons. The number of nitrogens with two attached hydrogens (primary N) is 2. The van der Waals surface area contributed by atoms with Gasteiger partial charge in [0, 0.05) is 0 Å². The molecule has 0 aliphatic carbocycles. The zero-order valence-corrected chi connectivity index (χ0v) is 22.9. The zero-order valence-electron chi connectivity index (χ0n) is 22.9. The largest absolute Gasteiger partial charge is 0.508 e. The van der Waals surface area contributed by atoms with Crippen molar-refractivity contribution < 1.29 is 29.4 Å². The molecule has 11 heteroatoms. The Hall–Kier alpha value is -3.18. The van der Waals surface area contributed by atoms with Gasteiger partial charge in [-0.2, -0.15) is 0 Å². The van der Waals surface area contributed by atoms with E-state index in [1.54, 1.807) is 12.1 Å². The van der Waals surface area contributed by atoms with Gasteiger partial charge in [-0.3, -0.25) is 14.4 Å². The molecule has 0 aliphatic heterocycles. The van der Waals surface area contributed by atoms with Crippen LogP contribution in [0.15, 0.2) is 24.3 Å². The molecule has 38 heavy (non-hydrogen) atoms. The van der Waals surface area contributed by atoms with Gasteiger partial charge in [-0.05, 0) is 74.6 Å². The summed E-state index contributed by atoms with van der Waals surface area (Å²) in [6.07, 6.45) is 2.24. The molecule has 4 atom stereocenters. The highest BCUT2D eigenvalue weighted by Gasteiger charge is 2.31. The first-order chi connectivity index (χ1) is 17.8. The fraction of sp³-hybridized carbons (Fsp3) is 0.630. The topological polar surface area (TPSA) is 197 Å².